The van der Waals surface area contributed by atoms with Crippen molar-refractivity contribution in [1.82, 2.24) is 19.6 Å². The van der Waals surface area contributed by atoms with Gasteiger partial charge in [0.1, 0.15) is 5.82 Å². The van der Waals surface area contributed by atoms with E-state index in [1.807, 2.05) is 24.3 Å². The second-order valence-corrected chi connectivity index (χ2v) is 7.47. The average Bonchev–Trinajstić information content (AvgIpc) is 2.77. The zero-order valence-electron chi connectivity index (χ0n) is 12.4. The maximum Gasteiger partial charge on any atom is 0.240 e. The molecule has 7 nitrogen and oxygen atoms in total. The van der Waals surface area contributed by atoms with Gasteiger partial charge in [-0.15, -0.1) is 0 Å². The number of amides is 1. The lowest BCUT2D eigenvalue weighted by Crippen LogP contribution is -2.55. The van der Waals surface area contributed by atoms with Crippen molar-refractivity contribution in [1.29, 1.82) is 0 Å². The highest BCUT2D eigenvalue weighted by atomic mass is 32.2. The number of carbonyl (C=O) groups is 1. The van der Waals surface area contributed by atoms with Crippen molar-refractivity contribution >= 4 is 27.0 Å². The van der Waals surface area contributed by atoms with E-state index in [1.165, 1.54) is 0 Å². The third-order valence-electron chi connectivity index (χ3n) is 3.75. The number of nitrogens with zero attached hydrogens (tertiary/aromatic N) is 2. The predicted molar refractivity (Wildman–Crippen MR) is 82.9 cm³/mol. The molecule has 1 amide bonds. The van der Waals surface area contributed by atoms with Gasteiger partial charge in [-0.1, -0.05) is 12.1 Å². The number of fused-ring (bicyclic) bond motifs is 1. The summed E-state index contributed by atoms with van der Waals surface area (Å²) in [7, 11) is -3.39. The molecule has 1 aliphatic heterocycles. The summed E-state index contributed by atoms with van der Waals surface area (Å²) in [5.41, 5.74) is 1.89. The van der Waals surface area contributed by atoms with Crippen LogP contribution in [0.4, 0.5) is 0 Å². The fraction of sp³-hybridized carbons (Fsp3) is 0.429. The lowest BCUT2D eigenvalue weighted by Gasteiger charge is -2.39. The second kappa shape index (κ2) is 5.36. The molecule has 2 N–H and O–H groups in total. The van der Waals surface area contributed by atoms with Gasteiger partial charge >= 0.3 is 0 Å². The molecule has 1 saturated heterocycles. The van der Waals surface area contributed by atoms with Gasteiger partial charge < -0.3 is 9.88 Å². The van der Waals surface area contributed by atoms with E-state index >= 15 is 0 Å². The summed E-state index contributed by atoms with van der Waals surface area (Å²) < 4.78 is 24.6. The van der Waals surface area contributed by atoms with Crippen molar-refractivity contribution in [3.05, 3.63) is 30.1 Å². The van der Waals surface area contributed by atoms with Crippen molar-refractivity contribution < 1.29 is 13.2 Å². The maximum atomic E-state index is 12.1. The molecule has 3 rings (SSSR count). The molecule has 1 fully saturated rings. The van der Waals surface area contributed by atoms with Crippen LogP contribution in [0.3, 0.4) is 0 Å². The van der Waals surface area contributed by atoms with E-state index in [-0.39, 0.29) is 11.8 Å². The van der Waals surface area contributed by atoms with Crippen LogP contribution in [-0.4, -0.2) is 54.6 Å². The molecular weight excluding hydrogens is 304 g/mol. The molecule has 2 aromatic rings. The van der Waals surface area contributed by atoms with Crippen LogP contribution in [0.5, 0.6) is 0 Å². The number of H-pyrrole nitrogens is 1. The normalized spacial score (nSPS) is 17.5. The van der Waals surface area contributed by atoms with E-state index in [9.17, 15) is 13.2 Å². The molecule has 1 aromatic carbocycles. The largest absolute Gasteiger partial charge is 0.342 e. The number of likely N-dealkylation sites (tertiary alicyclic amines) is 1. The minimum atomic E-state index is -3.39. The fourth-order valence-corrected chi connectivity index (χ4v) is 3.39. The van der Waals surface area contributed by atoms with Gasteiger partial charge in [0.25, 0.3) is 0 Å². The summed E-state index contributed by atoms with van der Waals surface area (Å²) in [6.07, 6.45) is 1.05. The van der Waals surface area contributed by atoms with Crippen LogP contribution in [0.1, 0.15) is 18.7 Å². The summed E-state index contributed by atoms with van der Waals surface area (Å²) in [5.74, 6) is 0.827. The Kier molecular flexibility index (Phi) is 3.65. The summed E-state index contributed by atoms with van der Waals surface area (Å²) >= 11 is 0. The first-order chi connectivity index (χ1) is 10.3. The number of rotatable bonds is 4. The van der Waals surface area contributed by atoms with Crippen LogP contribution in [0.15, 0.2) is 24.3 Å². The van der Waals surface area contributed by atoms with E-state index in [0.717, 1.165) is 23.1 Å². The average molecular weight is 322 g/mol. The smallest absolute Gasteiger partial charge is 0.240 e. The van der Waals surface area contributed by atoms with Gasteiger partial charge in [-0.2, -0.15) is 0 Å². The van der Waals surface area contributed by atoms with Crippen LogP contribution in [0.25, 0.3) is 11.0 Å². The molecule has 2 heterocycles. The fourth-order valence-electron chi connectivity index (χ4n) is 2.64. The molecule has 0 saturated carbocycles. The quantitative estimate of drug-likeness (QED) is 0.853. The summed E-state index contributed by atoms with van der Waals surface area (Å²) in [6.45, 7) is 2.65. The number of hydrogen-bond acceptors (Lipinski definition) is 4. The topological polar surface area (TPSA) is 95.2 Å². The Hall–Kier alpha value is -1.93. The van der Waals surface area contributed by atoms with Crippen molar-refractivity contribution in [2.24, 2.45) is 0 Å². The number of imidazole rings is 1. The first kappa shape index (κ1) is 15.0. The van der Waals surface area contributed by atoms with Crippen molar-refractivity contribution in [3.63, 3.8) is 0 Å². The monoisotopic (exact) mass is 322 g/mol. The minimum absolute atomic E-state index is 0.168. The summed E-state index contributed by atoms with van der Waals surface area (Å²) in [5, 5.41) is 0. The molecule has 1 aliphatic rings. The molecular formula is C14H18N4O3S. The van der Waals surface area contributed by atoms with Gasteiger partial charge in [-0.3, -0.25) is 4.79 Å². The van der Waals surface area contributed by atoms with Crippen LogP contribution in [-0.2, 0) is 14.8 Å². The molecule has 0 bridgehead atoms. The Bertz CT molecular complexity index is 775. The zero-order chi connectivity index (χ0) is 15.9. The van der Waals surface area contributed by atoms with Gasteiger partial charge in [0.2, 0.25) is 15.9 Å². The Balaban J connectivity index is 1.63. The second-order valence-electron chi connectivity index (χ2n) is 5.69. The van der Waals surface area contributed by atoms with Gasteiger partial charge in [0.05, 0.1) is 29.2 Å². The van der Waals surface area contributed by atoms with Crippen molar-refractivity contribution in [2.75, 3.05) is 19.3 Å². The van der Waals surface area contributed by atoms with E-state index in [0.29, 0.717) is 13.1 Å². The maximum absolute atomic E-state index is 12.1. The Morgan fingerprint density at radius 2 is 2.09 bits per heavy atom. The number of para-hydroxylation sites is 2. The van der Waals surface area contributed by atoms with E-state index < -0.39 is 16.1 Å². The minimum Gasteiger partial charge on any atom is -0.342 e. The van der Waals surface area contributed by atoms with Crippen molar-refractivity contribution in [2.45, 2.75) is 18.9 Å². The predicted octanol–water partition coefficient (Wildman–Crippen LogP) is 0.426. The van der Waals surface area contributed by atoms with E-state index in [4.69, 9.17) is 0 Å². The van der Waals surface area contributed by atoms with Gasteiger partial charge in [-0.05, 0) is 19.1 Å². The first-order valence-electron chi connectivity index (χ1n) is 7.04. The Labute approximate surface area is 128 Å². The number of sulfonamides is 1. The lowest BCUT2D eigenvalue weighted by atomic mass is 9.98. The number of carbonyl (C=O) groups excluding carboxylic acids is 1. The number of hydrogen-bond donors (Lipinski definition) is 2. The number of benzene rings is 1. The van der Waals surface area contributed by atoms with Crippen LogP contribution in [0, 0.1) is 0 Å². The van der Waals surface area contributed by atoms with Crippen LogP contribution < -0.4 is 4.72 Å². The van der Waals surface area contributed by atoms with Gasteiger partial charge in [0.15, 0.2) is 0 Å². The standard InChI is InChI=1S/C14H18N4O3S/c1-9(17-22(2,20)21)14(19)18-7-10(8-18)13-15-11-5-3-4-6-12(11)16-13/h3-6,9-10,17H,7-8H2,1-2H3,(H,15,16)/t9-/m1/s1. The van der Waals surface area contributed by atoms with E-state index in [2.05, 4.69) is 14.7 Å². The third-order valence-corrected chi connectivity index (χ3v) is 4.53. The van der Waals surface area contributed by atoms with Crippen molar-refractivity contribution in [3.8, 4) is 0 Å². The molecule has 0 radical (unpaired) electrons. The van der Waals surface area contributed by atoms with E-state index in [1.54, 1.807) is 11.8 Å². The highest BCUT2D eigenvalue weighted by Gasteiger charge is 2.36. The number of nitrogens with one attached hydrogen (secondary N) is 2. The van der Waals surface area contributed by atoms with Gasteiger partial charge in [0, 0.05) is 13.1 Å². The van der Waals surface area contributed by atoms with Crippen LogP contribution in [0.2, 0.25) is 0 Å². The molecule has 1 aromatic heterocycles. The molecule has 8 heteroatoms. The molecule has 0 spiro atoms. The molecule has 1 atom stereocenters. The third kappa shape index (κ3) is 2.97. The zero-order valence-corrected chi connectivity index (χ0v) is 13.2. The molecule has 22 heavy (non-hydrogen) atoms. The van der Waals surface area contributed by atoms with Gasteiger partial charge in [-0.25, -0.2) is 18.1 Å². The summed E-state index contributed by atoms with van der Waals surface area (Å²) in [6, 6.07) is 7.04. The molecule has 0 aliphatic carbocycles. The lowest BCUT2D eigenvalue weighted by molar-refractivity contribution is -0.137. The SMILES string of the molecule is C[C@@H](NS(C)(=O)=O)C(=O)N1CC(c2nc3ccccc3[nH]2)C1. The highest BCUT2D eigenvalue weighted by molar-refractivity contribution is 7.88. The number of aromatic amines is 1. The summed E-state index contributed by atoms with van der Waals surface area (Å²) in [4.78, 5) is 21.6. The molecule has 0 unspecified atom stereocenters. The molecule has 118 valence electrons. The van der Waals surface area contributed by atoms with Crippen LogP contribution >= 0.6 is 0 Å². The number of aromatic nitrogens is 2. The Morgan fingerprint density at radius 3 is 2.73 bits per heavy atom. The Morgan fingerprint density at radius 1 is 1.41 bits per heavy atom. The highest BCUT2D eigenvalue weighted by Crippen LogP contribution is 2.27. The first-order valence-corrected chi connectivity index (χ1v) is 8.93.